The van der Waals surface area contributed by atoms with Crippen LogP contribution in [0.1, 0.15) is 40.7 Å². The molecule has 4 atom stereocenters. The van der Waals surface area contributed by atoms with Gasteiger partial charge in [-0.15, -0.1) is 0 Å². The molecule has 3 fully saturated rings. The summed E-state index contributed by atoms with van der Waals surface area (Å²) in [4.78, 5) is 40.2. The van der Waals surface area contributed by atoms with Crippen LogP contribution in [0.5, 0.6) is 0 Å². The first kappa shape index (κ1) is 18.1. The maximum atomic E-state index is 13.0. The predicted molar refractivity (Wildman–Crippen MR) is 111 cm³/mol. The normalized spacial score (nSPS) is 27.4. The average molecular weight is 388 g/mol. The summed E-state index contributed by atoms with van der Waals surface area (Å²) in [5.74, 6) is -0.0378. The molecule has 1 heterocycles. The van der Waals surface area contributed by atoms with E-state index in [1.807, 2.05) is 32.0 Å². The van der Waals surface area contributed by atoms with Crippen molar-refractivity contribution in [3.8, 4) is 0 Å². The lowest BCUT2D eigenvalue weighted by Crippen LogP contribution is -2.33. The van der Waals surface area contributed by atoms with Gasteiger partial charge in [-0.05, 0) is 74.8 Å². The monoisotopic (exact) mass is 388 g/mol. The average Bonchev–Trinajstić information content (AvgIpc) is 3.38. The number of carbonyl (C=O) groups excluding carboxylic acids is 3. The van der Waals surface area contributed by atoms with Gasteiger partial charge in [-0.25, -0.2) is 0 Å². The smallest absolute Gasteiger partial charge is 0.255 e. The van der Waals surface area contributed by atoms with E-state index in [4.69, 9.17) is 0 Å². The van der Waals surface area contributed by atoms with Crippen molar-refractivity contribution in [2.45, 2.75) is 33.1 Å². The number of nitrogens with one attached hydrogen (secondary N) is 1. The Morgan fingerprint density at radius 2 is 1.66 bits per heavy atom. The fourth-order valence-corrected chi connectivity index (χ4v) is 5.60. The van der Waals surface area contributed by atoms with Crippen molar-refractivity contribution < 1.29 is 14.4 Å². The number of hydrogen-bond donors (Lipinski definition) is 1. The molecule has 29 heavy (non-hydrogen) atoms. The van der Waals surface area contributed by atoms with Crippen LogP contribution < -0.4 is 10.2 Å². The number of carbonyl (C=O) groups is 3. The quantitative estimate of drug-likeness (QED) is 0.806. The lowest BCUT2D eigenvalue weighted by Gasteiger charge is -2.19. The van der Waals surface area contributed by atoms with Crippen molar-refractivity contribution in [1.29, 1.82) is 0 Å². The molecule has 5 rings (SSSR count). The van der Waals surface area contributed by atoms with E-state index in [0.29, 0.717) is 23.1 Å². The van der Waals surface area contributed by atoms with Gasteiger partial charge in [-0.3, -0.25) is 19.3 Å². The highest BCUT2D eigenvalue weighted by Gasteiger charge is 2.61. The topological polar surface area (TPSA) is 66.5 Å². The van der Waals surface area contributed by atoms with Crippen molar-refractivity contribution in [1.82, 2.24) is 0 Å². The summed E-state index contributed by atoms with van der Waals surface area (Å²) in [7, 11) is 0. The molecule has 0 unspecified atom stereocenters. The maximum Gasteiger partial charge on any atom is 0.255 e. The summed E-state index contributed by atoms with van der Waals surface area (Å²) in [5, 5.41) is 2.93. The van der Waals surface area contributed by atoms with E-state index < -0.39 is 0 Å². The molecule has 5 heteroatoms. The van der Waals surface area contributed by atoms with Crippen LogP contribution in [0, 0.1) is 37.5 Å². The molecular weight excluding hydrogens is 364 g/mol. The fraction of sp³-hybridized carbons (Fsp3) is 0.375. The summed E-state index contributed by atoms with van der Waals surface area (Å²) in [6, 6.07) is 12.7. The molecule has 0 aromatic heterocycles. The van der Waals surface area contributed by atoms with Crippen LogP contribution in [0.2, 0.25) is 0 Å². The Bertz CT molecular complexity index is 1020. The van der Waals surface area contributed by atoms with Gasteiger partial charge < -0.3 is 5.32 Å². The summed E-state index contributed by atoms with van der Waals surface area (Å²) in [5.41, 5.74) is 3.81. The van der Waals surface area contributed by atoms with Gasteiger partial charge >= 0.3 is 0 Å². The lowest BCUT2D eigenvalue weighted by atomic mass is 9.81. The highest BCUT2D eigenvalue weighted by atomic mass is 16.2. The van der Waals surface area contributed by atoms with Crippen LogP contribution in [0.15, 0.2) is 42.5 Å². The molecule has 1 N–H and O–H groups in total. The van der Waals surface area contributed by atoms with E-state index in [1.54, 1.807) is 24.3 Å². The number of imide groups is 1. The second-order valence-corrected chi connectivity index (χ2v) is 8.72. The van der Waals surface area contributed by atoms with Crippen LogP contribution in [0.3, 0.4) is 0 Å². The first-order chi connectivity index (χ1) is 13.9. The number of hydrogen-bond acceptors (Lipinski definition) is 3. The molecule has 3 aliphatic rings. The first-order valence-electron chi connectivity index (χ1n) is 10.3. The third-order valence-electron chi connectivity index (χ3n) is 6.92. The van der Waals surface area contributed by atoms with Gasteiger partial charge in [0.05, 0.1) is 17.5 Å². The largest absolute Gasteiger partial charge is 0.322 e. The van der Waals surface area contributed by atoms with Gasteiger partial charge in [0.15, 0.2) is 0 Å². The Balaban J connectivity index is 1.41. The van der Waals surface area contributed by atoms with Gasteiger partial charge in [-0.1, -0.05) is 23.8 Å². The van der Waals surface area contributed by atoms with Crippen LogP contribution in [0.4, 0.5) is 11.4 Å². The third kappa shape index (κ3) is 2.79. The molecule has 0 radical (unpaired) electrons. The van der Waals surface area contributed by atoms with E-state index >= 15 is 0 Å². The zero-order chi connectivity index (χ0) is 20.3. The minimum atomic E-state index is -0.252. The summed E-state index contributed by atoms with van der Waals surface area (Å²) >= 11 is 0. The summed E-state index contributed by atoms with van der Waals surface area (Å²) < 4.78 is 0. The zero-order valence-corrected chi connectivity index (χ0v) is 16.6. The molecule has 2 saturated carbocycles. The molecule has 1 saturated heterocycles. The van der Waals surface area contributed by atoms with Gasteiger partial charge in [0.2, 0.25) is 11.8 Å². The first-order valence-corrected chi connectivity index (χ1v) is 10.3. The molecule has 2 aromatic rings. The minimum Gasteiger partial charge on any atom is -0.322 e. The number of aryl methyl sites for hydroxylation is 2. The fourth-order valence-electron chi connectivity index (χ4n) is 5.60. The Morgan fingerprint density at radius 1 is 0.966 bits per heavy atom. The van der Waals surface area contributed by atoms with E-state index in [0.717, 1.165) is 36.1 Å². The number of anilines is 2. The molecule has 5 nitrogen and oxygen atoms in total. The van der Waals surface area contributed by atoms with E-state index in [2.05, 4.69) is 5.32 Å². The lowest BCUT2D eigenvalue weighted by molar-refractivity contribution is -0.123. The predicted octanol–water partition coefficient (Wildman–Crippen LogP) is 4.09. The molecule has 2 bridgehead atoms. The van der Waals surface area contributed by atoms with Crippen LogP contribution in [-0.2, 0) is 9.59 Å². The maximum absolute atomic E-state index is 13.0. The minimum absolute atomic E-state index is 0.0841. The highest BCUT2D eigenvalue weighted by Crippen LogP contribution is 2.56. The number of amides is 3. The second kappa shape index (κ2) is 6.55. The van der Waals surface area contributed by atoms with Crippen LogP contribution >= 0.6 is 0 Å². The molecular formula is C24H24N2O3. The van der Waals surface area contributed by atoms with Crippen molar-refractivity contribution in [2.24, 2.45) is 23.7 Å². The van der Waals surface area contributed by atoms with Gasteiger partial charge in [0.1, 0.15) is 0 Å². The molecule has 2 aliphatic carbocycles. The van der Waals surface area contributed by atoms with Crippen molar-refractivity contribution in [3.63, 3.8) is 0 Å². The van der Waals surface area contributed by atoms with E-state index in [-0.39, 0.29) is 29.6 Å². The zero-order valence-electron chi connectivity index (χ0n) is 16.6. The molecule has 148 valence electrons. The second-order valence-electron chi connectivity index (χ2n) is 8.72. The number of rotatable bonds is 3. The molecule has 1 aliphatic heterocycles. The summed E-state index contributed by atoms with van der Waals surface area (Å²) in [6.45, 7) is 3.96. The molecule has 3 amide bonds. The highest BCUT2D eigenvalue weighted by molar-refractivity contribution is 6.23. The Labute approximate surface area is 170 Å². The SMILES string of the molecule is Cc1ccc(NC(=O)c2cccc(N3C(=O)[C@H]4[C@H]5CC[C@@H](C5)[C@@H]4C3=O)c2)c(C)c1. The third-order valence-corrected chi connectivity index (χ3v) is 6.92. The standard InChI is InChI=1S/C24H24N2O3/c1-13-6-9-19(14(2)10-13)25-22(27)17-4-3-5-18(12-17)26-23(28)20-15-7-8-16(11-15)21(20)24(26)29/h3-6,9-10,12,15-16,20-21H,7-8,11H2,1-2H3,(H,25,27)/t15-,16-,20-,21-/m0/s1. The van der Waals surface area contributed by atoms with Gasteiger partial charge in [-0.2, -0.15) is 0 Å². The number of benzene rings is 2. The molecule has 2 aromatic carbocycles. The van der Waals surface area contributed by atoms with E-state index in [9.17, 15) is 14.4 Å². The van der Waals surface area contributed by atoms with Gasteiger partial charge in [0, 0.05) is 11.3 Å². The Morgan fingerprint density at radius 3 is 2.31 bits per heavy atom. The van der Waals surface area contributed by atoms with Crippen LogP contribution in [-0.4, -0.2) is 17.7 Å². The Hall–Kier alpha value is -2.95. The summed E-state index contributed by atoms with van der Waals surface area (Å²) in [6.07, 6.45) is 3.12. The Kier molecular flexibility index (Phi) is 4.09. The van der Waals surface area contributed by atoms with Crippen LogP contribution in [0.25, 0.3) is 0 Å². The van der Waals surface area contributed by atoms with Gasteiger partial charge in [0.25, 0.3) is 5.91 Å². The van der Waals surface area contributed by atoms with Crippen molar-refractivity contribution >= 4 is 29.1 Å². The number of fused-ring (bicyclic) bond motifs is 5. The number of nitrogens with zero attached hydrogens (tertiary/aromatic N) is 1. The van der Waals surface area contributed by atoms with E-state index in [1.165, 1.54) is 4.90 Å². The van der Waals surface area contributed by atoms with Crippen molar-refractivity contribution in [2.75, 3.05) is 10.2 Å². The van der Waals surface area contributed by atoms with Crippen molar-refractivity contribution in [3.05, 3.63) is 59.2 Å². The molecule has 0 spiro atoms.